The molecule has 0 fully saturated rings. The van der Waals surface area contributed by atoms with Crippen LogP contribution in [0.4, 0.5) is 14.9 Å². The average molecular weight is 333 g/mol. The molecule has 0 unspecified atom stereocenters. The monoisotopic (exact) mass is 333 g/mol. The van der Waals surface area contributed by atoms with Crippen LogP contribution in [-0.2, 0) is 6.54 Å². The number of urea groups is 1. The minimum atomic E-state index is -0.701. The molecule has 2 rings (SSSR count). The summed E-state index contributed by atoms with van der Waals surface area (Å²) in [7, 11) is 0. The van der Waals surface area contributed by atoms with Gasteiger partial charge in [-0.3, -0.25) is 9.48 Å². The Balaban J connectivity index is 2.11. The third-order valence-electron chi connectivity index (χ3n) is 3.22. The fourth-order valence-electron chi connectivity index (χ4n) is 2.22. The second-order valence-corrected chi connectivity index (χ2v) is 5.25. The molecular formula is C16H20FN5O2. The minimum absolute atomic E-state index is 0.115. The van der Waals surface area contributed by atoms with Gasteiger partial charge in [0.25, 0.3) is 5.91 Å². The maximum Gasteiger partial charge on any atom is 0.319 e. The quantitative estimate of drug-likeness (QED) is 0.755. The van der Waals surface area contributed by atoms with Crippen molar-refractivity contribution in [1.82, 2.24) is 20.4 Å². The number of nitrogens with one attached hydrogen (secondary N) is 3. The van der Waals surface area contributed by atoms with E-state index in [1.807, 2.05) is 0 Å². The molecule has 0 bridgehead atoms. The van der Waals surface area contributed by atoms with Gasteiger partial charge in [0, 0.05) is 25.0 Å². The van der Waals surface area contributed by atoms with Gasteiger partial charge in [-0.2, -0.15) is 5.10 Å². The van der Waals surface area contributed by atoms with Crippen LogP contribution in [-0.4, -0.2) is 34.3 Å². The number of carbonyl (C=O) groups is 2. The number of anilines is 1. The molecule has 0 aliphatic carbocycles. The molecule has 0 aliphatic rings. The van der Waals surface area contributed by atoms with Gasteiger partial charge < -0.3 is 16.0 Å². The van der Waals surface area contributed by atoms with Crippen LogP contribution in [0.15, 0.2) is 36.7 Å². The maximum atomic E-state index is 14.1. The first-order chi connectivity index (χ1) is 11.5. The molecule has 128 valence electrons. The van der Waals surface area contributed by atoms with E-state index in [0.717, 1.165) is 0 Å². The largest absolute Gasteiger partial charge is 0.348 e. The van der Waals surface area contributed by atoms with Gasteiger partial charge >= 0.3 is 6.03 Å². The van der Waals surface area contributed by atoms with E-state index in [4.69, 9.17) is 0 Å². The number of benzene rings is 1. The smallest absolute Gasteiger partial charge is 0.319 e. The summed E-state index contributed by atoms with van der Waals surface area (Å²) in [6.45, 7) is 4.42. The van der Waals surface area contributed by atoms with Crippen molar-refractivity contribution < 1.29 is 14.0 Å². The molecule has 1 atom stereocenters. The predicted molar refractivity (Wildman–Crippen MR) is 88.3 cm³/mol. The van der Waals surface area contributed by atoms with Crippen LogP contribution in [0.5, 0.6) is 0 Å². The van der Waals surface area contributed by atoms with Gasteiger partial charge in [0.2, 0.25) is 0 Å². The van der Waals surface area contributed by atoms with Crippen LogP contribution >= 0.6 is 0 Å². The van der Waals surface area contributed by atoms with Crippen molar-refractivity contribution in [1.29, 1.82) is 0 Å². The standard InChI is InChI=1S/C16H20FN5O2/c1-3-18-16(24)21-13-7-4-6-12(17)14(13)15(23)20-11(2)10-22-9-5-8-19-22/h4-9,11H,3,10H2,1-2H3,(H,20,23)(H2,18,21,24)/t11-/m0/s1. The molecule has 3 amide bonds. The summed E-state index contributed by atoms with van der Waals surface area (Å²) in [6, 6.07) is 5.10. The number of hydrogen-bond acceptors (Lipinski definition) is 3. The highest BCUT2D eigenvalue weighted by Gasteiger charge is 2.19. The third-order valence-corrected chi connectivity index (χ3v) is 3.22. The van der Waals surface area contributed by atoms with Crippen LogP contribution in [0.3, 0.4) is 0 Å². The van der Waals surface area contributed by atoms with E-state index in [1.165, 1.54) is 18.2 Å². The summed E-state index contributed by atoms with van der Waals surface area (Å²) in [4.78, 5) is 24.1. The number of hydrogen-bond donors (Lipinski definition) is 3. The second kappa shape index (κ2) is 8.09. The summed E-state index contributed by atoms with van der Waals surface area (Å²) >= 11 is 0. The van der Waals surface area contributed by atoms with Crippen LogP contribution < -0.4 is 16.0 Å². The molecule has 3 N–H and O–H groups in total. The first kappa shape index (κ1) is 17.5. The molecular weight excluding hydrogens is 313 g/mol. The van der Waals surface area contributed by atoms with Crippen molar-refractivity contribution in [2.24, 2.45) is 0 Å². The van der Waals surface area contributed by atoms with Gasteiger partial charge in [-0.1, -0.05) is 6.07 Å². The molecule has 8 heteroatoms. The summed E-state index contributed by atoms with van der Waals surface area (Å²) in [5.41, 5.74) is -0.0826. The number of nitrogens with zero attached hydrogens (tertiary/aromatic N) is 2. The van der Waals surface area contributed by atoms with Crippen molar-refractivity contribution in [2.45, 2.75) is 26.4 Å². The zero-order valence-electron chi connectivity index (χ0n) is 13.5. The molecule has 0 saturated carbocycles. The topological polar surface area (TPSA) is 88.0 Å². The predicted octanol–water partition coefficient (Wildman–Crippen LogP) is 1.98. The van der Waals surface area contributed by atoms with Gasteiger partial charge in [0.1, 0.15) is 5.82 Å². The SMILES string of the molecule is CCNC(=O)Nc1cccc(F)c1C(=O)N[C@@H](C)Cn1cccn1. The fraction of sp³-hybridized carbons (Fsp3) is 0.312. The first-order valence-corrected chi connectivity index (χ1v) is 7.63. The van der Waals surface area contributed by atoms with Crippen molar-refractivity contribution >= 4 is 17.6 Å². The molecule has 1 aromatic carbocycles. The minimum Gasteiger partial charge on any atom is -0.348 e. The van der Waals surface area contributed by atoms with Crippen LogP contribution in [0.1, 0.15) is 24.2 Å². The van der Waals surface area contributed by atoms with Gasteiger partial charge in [-0.25, -0.2) is 9.18 Å². The zero-order chi connectivity index (χ0) is 17.5. The number of amides is 3. The number of carbonyl (C=O) groups excluding carboxylic acids is 2. The third kappa shape index (κ3) is 4.55. The van der Waals surface area contributed by atoms with E-state index < -0.39 is 17.8 Å². The Kier molecular flexibility index (Phi) is 5.89. The molecule has 0 spiro atoms. The number of aromatic nitrogens is 2. The van der Waals surface area contributed by atoms with Crippen molar-refractivity contribution in [2.75, 3.05) is 11.9 Å². The molecule has 1 aromatic heterocycles. The lowest BCUT2D eigenvalue weighted by molar-refractivity contribution is 0.0933. The van der Waals surface area contributed by atoms with Crippen LogP contribution in [0.2, 0.25) is 0 Å². The van der Waals surface area contributed by atoms with Crippen molar-refractivity contribution in [3.8, 4) is 0 Å². The number of halogens is 1. The van der Waals surface area contributed by atoms with E-state index in [-0.39, 0.29) is 17.3 Å². The fourth-order valence-corrected chi connectivity index (χ4v) is 2.22. The molecule has 2 aromatic rings. The summed E-state index contributed by atoms with van der Waals surface area (Å²) < 4.78 is 15.8. The summed E-state index contributed by atoms with van der Waals surface area (Å²) in [5, 5.41) is 11.8. The highest BCUT2D eigenvalue weighted by atomic mass is 19.1. The van der Waals surface area contributed by atoms with Crippen LogP contribution in [0, 0.1) is 5.82 Å². The van der Waals surface area contributed by atoms with Gasteiger partial charge in [-0.15, -0.1) is 0 Å². The molecule has 7 nitrogen and oxygen atoms in total. The number of rotatable bonds is 6. The van der Waals surface area contributed by atoms with Gasteiger partial charge in [-0.05, 0) is 32.0 Å². The Morgan fingerprint density at radius 1 is 1.33 bits per heavy atom. The Morgan fingerprint density at radius 2 is 2.12 bits per heavy atom. The zero-order valence-corrected chi connectivity index (χ0v) is 13.5. The highest BCUT2D eigenvalue weighted by molar-refractivity contribution is 6.03. The van der Waals surface area contributed by atoms with Gasteiger partial charge in [0.05, 0.1) is 17.8 Å². The van der Waals surface area contributed by atoms with Crippen molar-refractivity contribution in [3.05, 3.63) is 48.0 Å². The Hall–Kier alpha value is -2.90. The molecule has 0 saturated heterocycles. The van der Waals surface area contributed by atoms with E-state index in [1.54, 1.807) is 37.0 Å². The van der Waals surface area contributed by atoms with E-state index >= 15 is 0 Å². The Labute approximate surface area is 139 Å². The normalized spacial score (nSPS) is 11.6. The lowest BCUT2D eigenvalue weighted by Gasteiger charge is -2.16. The van der Waals surface area contributed by atoms with Crippen LogP contribution in [0.25, 0.3) is 0 Å². The van der Waals surface area contributed by atoms with Gasteiger partial charge in [0.15, 0.2) is 0 Å². The first-order valence-electron chi connectivity index (χ1n) is 7.63. The second-order valence-electron chi connectivity index (χ2n) is 5.25. The summed E-state index contributed by atoms with van der Waals surface area (Å²) in [5.74, 6) is -1.30. The van der Waals surface area contributed by atoms with E-state index in [0.29, 0.717) is 13.1 Å². The van der Waals surface area contributed by atoms with E-state index in [9.17, 15) is 14.0 Å². The average Bonchev–Trinajstić information content (AvgIpc) is 3.00. The molecule has 24 heavy (non-hydrogen) atoms. The summed E-state index contributed by atoms with van der Waals surface area (Å²) in [6.07, 6.45) is 3.41. The molecule has 0 radical (unpaired) electrons. The lowest BCUT2D eigenvalue weighted by atomic mass is 10.1. The van der Waals surface area contributed by atoms with Crippen molar-refractivity contribution in [3.63, 3.8) is 0 Å². The highest BCUT2D eigenvalue weighted by Crippen LogP contribution is 2.19. The Morgan fingerprint density at radius 3 is 2.79 bits per heavy atom. The maximum absolute atomic E-state index is 14.1. The molecule has 0 aliphatic heterocycles. The molecule has 1 heterocycles. The lowest BCUT2D eigenvalue weighted by Crippen LogP contribution is -2.37. The van der Waals surface area contributed by atoms with E-state index in [2.05, 4.69) is 21.0 Å². The Bertz CT molecular complexity index is 702.